The monoisotopic (exact) mass is 592 g/mol. The number of ether oxygens (including phenoxy) is 1. The molecule has 6 nitrogen and oxygen atoms in total. The average molecular weight is 594 g/mol. The van der Waals surface area contributed by atoms with E-state index in [0.29, 0.717) is 23.1 Å². The maximum atomic E-state index is 13.9. The minimum Gasteiger partial charge on any atom is -0.489 e. The number of hydrogen-bond donors (Lipinski definition) is 1. The number of benzene rings is 3. The van der Waals surface area contributed by atoms with Crippen molar-refractivity contribution in [2.45, 2.75) is 29.7 Å². The number of carbonyl (C=O) groups is 2. The molecule has 9 heteroatoms. The number of hydrogen-bond acceptors (Lipinski definition) is 6. The lowest BCUT2D eigenvalue weighted by molar-refractivity contribution is -0.122. The van der Waals surface area contributed by atoms with Gasteiger partial charge >= 0.3 is 4.87 Å². The number of halogens is 1. The van der Waals surface area contributed by atoms with Gasteiger partial charge in [-0.25, -0.2) is 4.90 Å². The first-order valence-electron chi connectivity index (χ1n) is 11.7. The third-order valence-corrected chi connectivity index (χ3v) is 9.55. The zero-order valence-electron chi connectivity index (χ0n) is 19.6. The number of aromatic amines is 1. The van der Waals surface area contributed by atoms with Crippen molar-refractivity contribution in [1.29, 1.82) is 0 Å². The van der Waals surface area contributed by atoms with E-state index in [-0.39, 0.29) is 16.7 Å². The molecule has 3 aromatic carbocycles. The number of anilines is 1. The number of thioether (sulfide) groups is 1. The van der Waals surface area contributed by atoms with Gasteiger partial charge in [-0.1, -0.05) is 87.1 Å². The Morgan fingerprint density at radius 1 is 0.973 bits per heavy atom. The molecule has 1 aromatic heterocycles. The number of nitrogens with zero attached hydrogens (tertiary/aromatic N) is 1. The number of fused-ring (bicyclic) bond motifs is 2. The van der Waals surface area contributed by atoms with Crippen molar-refractivity contribution in [3.8, 4) is 5.75 Å². The number of para-hydroxylation sites is 1. The van der Waals surface area contributed by atoms with Crippen LogP contribution in [0.5, 0.6) is 5.75 Å². The molecule has 0 saturated carbocycles. The summed E-state index contributed by atoms with van der Waals surface area (Å²) in [5.41, 5.74) is 3.50. The van der Waals surface area contributed by atoms with Gasteiger partial charge in [-0.05, 0) is 42.8 Å². The predicted molar refractivity (Wildman–Crippen MR) is 149 cm³/mol. The molecule has 1 N–H and O–H groups in total. The third kappa shape index (κ3) is 4.35. The summed E-state index contributed by atoms with van der Waals surface area (Å²) in [5, 5.41) is -0.0128. The fourth-order valence-electron chi connectivity index (χ4n) is 4.92. The van der Waals surface area contributed by atoms with E-state index >= 15 is 0 Å². The summed E-state index contributed by atoms with van der Waals surface area (Å²) in [6.45, 7) is 2.39. The minimum atomic E-state index is -0.673. The van der Waals surface area contributed by atoms with E-state index < -0.39 is 17.1 Å². The number of aryl methyl sites for hydroxylation is 1. The van der Waals surface area contributed by atoms with Gasteiger partial charge in [0, 0.05) is 20.8 Å². The van der Waals surface area contributed by atoms with Crippen LogP contribution >= 0.6 is 39.0 Å². The first-order valence-corrected chi connectivity index (χ1v) is 14.2. The first kappa shape index (κ1) is 24.2. The summed E-state index contributed by atoms with van der Waals surface area (Å²) in [6.07, 6.45) is 0. The number of amides is 2. The van der Waals surface area contributed by atoms with Crippen molar-refractivity contribution in [3.63, 3.8) is 0 Å². The van der Waals surface area contributed by atoms with Crippen LogP contribution in [0.15, 0.2) is 87.1 Å². The van der Waals surface area contributed by atoms with Gasteiger partial charge in [0.05, 0.1) is 16.6 Å². The highest BCUT2D eigenvalue weighted by Gasteiger charge is 2.56. The van der Waals surface area contributed by atoms with Crippen LogP contribution in [0.25, 0.3) is 0 Å². The summed E-state index contributed by atoms with van der Waals surface area (Å²) in [4.78, 5) is 44.6. The highest BCUT2D eigenvalue weighted by atomic mass is 79.9. The molecule has 4 aromatic rings. The van der Waals surface area contributed by atoms with Crippen molar-refractivity contribution in [2.75, 3.05) is 4.90 Å². The van der Waals surface area contributed by atoms with Gasteiger partial charge in [-0.3, -0.25) is 14.4 Å². The molecule has 0 radical (unpaired) electrons. The van der Waals surface area contributed by atoms with E-state index in [1.807, 2.05) is 67.6 Å². The van der Waals surface area contributed by atoms with Crippen LogP contribution in [0.4, 0.5) is 5.69 Å². The average Bonchev–Trinajstić information content (AvgIpc) is 3.39. The molecule has 2 aliphatic rings. The molecule has 186 valence electrons. The van der Waals surface area contributed by atoms with Crippen molar-refractivity contribution < 1.29 is 14.3 Å². The number of H-pyrrole nitrogens is 1. The van der Waals surface area contributed by atoms with Gasteiger partial charge in [0.25, 0.3) is 0 Å². The highest BCUT2D eigenvalue weighted by Crippen LogP contribution is 2.54. The van der Waals surface area contributed by atoms with Gasteiger partial charge in [-0.2, -0.15) is 0 Å². The van der Waals surface area contributed by atoms with E-state index in [1.54, 1.807) is 12.1 Å². The van der Waals surface area contributed by atoms with Gasteiger partial charge < -0.3 is 9.72 Å². The molecule has 0 spiro atoms. The standard InChI is InChI=1S/C28H21BrN2O4S2/c1-15-7-9-16(10-8-15)14-35-20-12-11-17(29)13-19(20)21-22-24(36-25-23(21)37-28(34)30-25)27(33)31(26(22)32)18-5-3-2-4-6-18/h2-13,21-22,24H,14H2,1H3,(H,30,34)/t21-,22?,24?/m1/s1. The lowest BCUT2D eigenvalue weighted by Crippen LogP contribution is -2.32. The Morgan fingerprint density at radius 3 is 2.49 bits per heavy atom. The molecule has 2 unspecified atom stereocenters. The maximum Gasteiger partial charge on any atom is 0.305 e. The van der Waals surface area contributed by atoms with Gasteiger partial charge in [0.1, 0.15) is 17.6 Å². The molecule has 6 rings (SSSR count). The second-order valence-corrected chi connectivity index (χ2v) is 12.1. The largest absolute Gasteiger partial charge is 0.489 e. The van der Waals surface area contributed by atoms with E-state index in [0.717, 1.165) is 31.8 Å². The Hall–Kier alpha value is -3.14. The molecule has 2 aliphatic heterocycles. The normalized spacial score (nSPS) is 20.6. The Kier molecular flexibility index (Phi) is 6.30. The lowest BCUT2D eigenvalue weighted by Gasteiger charge is -2.31. The minimum absolute atomic E-state index is 0.209. The Labute approximate surface area is 229 Å². The van der Waals surface area contributed by atoms with Crippen LogP contribution in [0.1, 0.15) is 27.5 Å². The summed E-state index contributed by atoms with van der Waals surface area (Å²) in [5.74, 6) is -1.11. The lowest BCUT2D eigenvalue weighted by atomic mass is 9.82. The molecule has 3 atom stereocenters. The zero-order chi connectivity index (χ0) is 25.7. The third-order valence-electron chi connectivity index (χ3n) is 6.66. The van der Waals surface area contributed by atoms with Crippen molar-refractivity contribution >= 4 is 56.5 Å². The van der Waals surface area contributed by atoms with Crippen molar-refractivity contribution in [2.24, 2.45) is 5.92 Å². The fourth-order valence-corrected chi connectivity index (χ4v) is 7.81. The molecule has 1 fully saturated rings. The molecule has 37 heavy (non-hydrogen) atoms. The summed E-state index contributed by atoms with van der Waals surface area (Å²) >= 11 is 5.93. The Bertz CT molecular complexity index is 1570. The molecule has 2 amide bonds. The first-order chi connectivity index (χ1) is 17.9. The van der Waals surface area contributed by atoms with Gasteiger partial charge in [0.15, 0.2) is 0 Å². The number of aromatic nitrogens is 1. The highest BCUT2D eigenvalue weighted by molar-refractivity contribution is 9.10. The van der Waals surface area contributed by atoms with E-state index in [1.165, 1.54) is 22.2 Å². The van der Waals surface area contributed by atoms with Crippen LogP contribution in [0, 0.1) is 12.8 Å². The van der Waals surface area contributed by atoms with Crippen molar-refractivity contribution in [3.05, 3.63) is 109 Å². The molecular weight excluding hydrogens is 572 g/mol. The van der Waals surface area contributed by atoms with Crippen LogP contribution in [-0.4, -0.2) is 22.0 Å². The van der Waals surface area contributed by atoms with E-state index in [9.17, 15) is 14.4 Å². The predicted octanol–water partition coefficient (Wildman–Crippen LogP) is 5.88. The topological polar surface area (TPSA) is 79.5 Å². The van der Waals surface area contributed by atoms with Crippen LogP contribution < -0.4 is 14.5 Å². The second kappa shape index (κ2) is 9.63. The van der Waals surface area contributed by atoms with E-state index in [4.69, 9.17) is 4.74 Å². The summed E-state index contributed by atoms with van der Waals surface area (Å²) in [7, 11) is 0. The van der Waals surface area contributed by atoms with Crippen LogP contribution in [-0.2, 0) is 16.2 Å². The Balaban J connectivity index is 1.44. The SMILES string of the molecule is Cc1ccc(COc2ccc(Br)cc2[C@H]2c3sc(=O)[nH]c3SC3C(=O)N(c4ccccc4)C(=O)C32)cc1. The molecular formula is C28H21BrN2O4S2. The molecule has 0 bridgehead atoms. The molecule has 3 heterocycles. The number of carbonyl (C=O) groups excluding carboxylic acids is 2. The van der Waals surface area contributed by atoms with Gasteiger partial charge in [-0.15, -0.1) is 0 Å². The quantitative estimate of drug-likeness (QED) is 0.293. The number of imide groups is 1. The molecule has 1 saturated heterocycles. The summed E-state index contributed by atoms with van der Waals surface area (Å²) in [6, 6.07) is 22.8. The van der Waals surface area contributed by atoms with Gasteiger partial charge in [0.2, 0.25) is 11.8 Å². The number of thiazole rings is 1. The smallest absolute Gasteiger partial charge is 0.305 e. The summed E-state index contributed by atoms with van der Waals surface area (Å²) < 4.78 is 7.11. The maximum absolute atomic E-state index is 13.9. The number of rotatable bonds is 5. The van der Waals surface area contributed by atoms with Crippen LogP contribution in [0.2, 0.25) is 0 Å². The second-order valence-electron chi connectivity index (χ2n) is 9.05. The molecule has 0 aliphatic carbocycles. The Morgan fingerprint density at radius 2 is 1.73 bits per heavy atom. The zero-order valence-corrected chi connectivity index (χ0v) is 22.9. The van der Waals surface area contributed by atoms with Crippen LogP contribution in [0.3, 0.4) is 0 Å². The number of nitrogens with one attached hydrogen (secondary N) is 1. The van der Waals surface area contributed by atoms with Crippen molar-refractivity contribution in [1.82, 2.24) is 4.98 Å². The van der Waals surface area contributed by atoms with E-state index in [2.05, 4.69) is 20.9 Å². The fraction of sp³-hybridized carbons (Fsp3) is 0.179.